The Bertz CT molecular complexity index is 675. The average molecular weight is 325 g/mol. The monoisotopic (exact) mass is 325 g/mol. The van der Waals surface area contributed by atoms with Crippen LogP contribution in [-0.2, 0) is 4.74 Å². The van der Waals surface area contributed by atoms with Gasteiger partial charge in [0.05, 0.1) is 24.0 Å². The zero-order chi connectivity index (χ0) is 16.8. The third-order valence-electron chi connectivity index (χ3n) is 4.06. The Morgan fingerprint density at radius 2 is 1.92 bits per heavy atom. The molecule has 2 N–H and O–H groups in total. The molecule has 1 amide bonds. The van der Waals surface area contributed by atoms with Gasteiger partial charge in [-0.15, -0.1) is 0 Å². The number of hydrogen-bond donors (Lipinski definition) is 2. The van der Waals surface area contributed by atoms with Crippen LogP contribution in [0.15, 0.2) is 54.6 Å². The van der Waals surface area contributed by atoms with E-state index in [9.17, 15) is 4.79 Å². The Morgan fingerprint density at radius 3 is 2.71 bits per heavy atom. The molecule has 126 valence electrons. The molecule has 0 radical (unpaired) electrons. The van der Waals surface area contributed by atoms with Crippen LogP contribution in [0.25, 0.3) is 0 Å². The Hall–Kier alpha value is -2.37. The summed E-state index contributed by atoms with van der Waals surface area (Å²) >= 11 is 0. The number of likely N-dealkylation sites (N-methyl/N-ethyl adjacent to an activating group) is 1. The fraction of sp³-hybridized carbons (Fsp3) is 0.316. The first-order valence-electron chi connectivity index (χ1n) is 8.22. The highest BCUT2D eigenvalue weighted by atomic mass is 16.5. The van der Waals surface area contributed by atoms with Crippen LogP contribution < -0.4 is 10.6 Å². The molecule has 5 heteroatoms. The Balaban J connectivity index is 1.64. The highest BCUT2D eigenvalue weighted by Crippen LogP contribution is 2.20. The predicted octanol–water partition coefficient (Wildman–Crippen LogP) is 2.49. The molecule has 24 heavy (non-hydrogen) atoms. The van der Waals surface area contributed by atoms with E-state index >= 15 is 0 Å². The van der Waals surface area contributed by atoms with Crippen molar-refractivity contribution in [2.75, 3.05) is 38.6 Å². The maximum atomic E-state index is 12.6. The molecule has 0 saturated carbocycles. The quantitative estimate of drug-likeness (QED) is 0.887. The van der Waals surface area contributed by atoms with Crippen molar-refractivity contribution < 1.29 is 9.53 Å². The van der Waals surface area contributed by atoms with E-state index in [1.807, 2.05) is 54.6 Å². The molecule has 1 aliphatic heterocycles. The minimum Gasteiger partial charge on any atom is -0.374 e. The number of benzene rings is 2. The van der Waals surface area contributed by atoms with E-state index in [1.165, 1.54) is 0 Å². The smallest absolute Gasteiger partial charge is 0.253 e. The van der Waals surface area contributed by atoms with Crippen molar-refractivity contribution in [1.29, 1.82) is 0 Å². The number of ether oxygens (including phenoxy) is 1. The fourth-order valence-electron chi connectivity index (χ4n) is 2.76. The minimum atomic E-state index is -0.0918. The van der Waals surface area contributed by atoms with Gasteiger partial charge in [-0.05, 0) is 31.3 Å². The van der Waals surface area contributed by atoms with Crippen molar-refractivity contribution in [1.82, 2.24) is 10.2 Å². The second-order valence-corrected chi connectivity index (χ2v) is 6.00. The van der Waals surface area contributed by atoms with Gasteiger partial charge in [0.15, 0.2) is 0 Å². The van der Waals surface area contributed by atoms with Gasteiger partial charge in [0.1, 0.15) is 0 Å². The highest BCUT2D eigenvalue weighted by Gasteiger charge is 2.19. The molecule has 0 aliphatic carbocycles. The zero-order valence-corrected chi connectivity index (χ0v) is 13.9. The van der Waals surface area contributed by atoms with E-state index in [4.69, 9.17) is 4.74 Å². The van der Waals surface area contributed by atoms with Crippen molar-refractivity contribution in [2.45, 2.75) is 6.10 Å². The number of morpholine rings is 1. The standard InChI is InChI=1S/C19H23N3O2/c1-22-11-12-24-16(14-22)13-20-19(23)17-9-5-6-10-18(17)21-15-7-3-2-4-8-15/h2-10,16,21H,11-14H2,1H3,(H,20,23)/t16-/m0/s1. The molecule has 1 aliphatic rings. The van der Waals surface area contributed by atoms with Crippen molar-refractivity contribution in [3.8, 4) is 0 Å². The molecule has 5 nitrogen and oxygen atoms in total. The van der Waals surface area contributed by atoms with Crippen LogP contribution in [0.5, 0.6) is 0 Å². The van der Waals surface area contributed by atoms with Gasteiger partial charge < -0.3 is 20.3 Å². The summed E-state index contributed by atoms with van der Waals surface area (Å²) in [5.74, 6) is -0.0918. The van der Waals surface area contributed by atoms with Gasteiger partial charge in [-0.2, -0.15) is 0 Å². The average Bonchev–Trinajstić information content (AvgIpc) is 2.61. The SMILES string of the molecule is CN1CCO[C@@H](CNC(=O)c2ccccc2Nc2ccccc2)C1. The Kier molecular flexibility index (Phi) is 5.46. The van der Waals surface area contributed by atoms with Gasteiger partial charge in [-0.3, -0.25) is 4.79 Å². The molecule has 1 saturated heterocycles. The summed E-state index contributed by atoms with van der Waals surface area (Å²) < 4.78 is 5.69. The van der Waals surface area contributed by atoms with Crippen LogP contribution >= 0.6 is 0 Å². The Labute approximate surface area is 142 Å². The first kappa shape index (κ1) is 16.5. The molecule has 1 fully saturated rings. The molecule has 3 rings (SSSR count). The number of anilines is 2. The van der Waals surface area contributed by atoms with Gasteiger partial charge in [0, 0.05) is 25.3 Å². The molecular formula is C19H23N3O2. The first-order chi connectivity index (χ1) is 11.7. The highest BCUT2D eigenvalue weighted by molar-refractivity contribution is 6.00. The maximum Gasteiger partial charge on any atom is 0.253 e. The van der Waals surface area contributed by atoms with Gasteiger partial charge in [0.25, 0.3) is 5.91 Å². The Morgan fingerprint density at radius 1 is 1.17 bits per heavy atom. The summed E-state index contributed by atoms with van der Waals surface area (Å²) in [6.07, 6.45) is 0.0435. The summed E-state index contributed by atoms with van der Waals surface area (Å²) in [6.45, 7) is 3.00. The lowest BCUT2D eigenvalue weighted by Gasteiger charge is -2.30. The molecular weight excluding hydrogens is 302 g/mol. The third kappa shape index (κ3) is 4.34. The minimum absolute atomic E-state index is 0.0435. The van der Waals surface area contributed by atoms with Gasteiger partial charge in [-0.1, -0.05) is 30.3 Å². The third-order valence-corrected chi connectivity index (χ3v) is 4.06. The van der Waals surface area contributed by atoms with Crippen LogP contribution in [0.2, 0.25) is 0 Å². The number of hydrogen-bond acceptors (Lipinski definition) is 4. The number of rotatable bonds is 5. The van der Waals surface area contributed by atoms with Gasteiger partial charge >= 0.3 is 0 Å². The lowest BCUT2D eigenvalue weighted by Crippen LogP contribution is -2.46. The van der Waals surface area contributed by atoms with E-state index in [-0.39, 0.29) is 12.0 Å². The van der Waals surface area contributed by atoms with E-state index in [2.05, 4.69) is 22.6 Å². The van der Waals surface area contributed by atoms with Crippen LogP contribution in [0.1, 0.15) is 10.4 Å². The van der Waals surface area contributed by atoms with Crippen LogP contribution in [0.3, 0.4) is 0 Å². The van der Waals surface area contributed by atoms with E-state index in [0.717, 1.165) is 24.5 Å². The number of carbonyl (C=O) groups is 1. The largest absolute Gasteiger partial charge is 0.374 e. The maximum absolute atomic E-state index is 12.6. The van der Waals surface area contributed by atoms with Crippen molar-refractivity contribution in [3.63, 3.8) is 0 Å². The summed E-state index contributed by atoms with van der Waals surface area (Å²) in [5, 5.41) is 6.28. The summed E-state index contributed by atoms with van der Waals surface area (Å²) in [7, 11) is 2.07. The summed E-state index contributed by atoms with van der Waals surface area (Å²) in [6, 6.07) is 17.4. The molecule has 1 atom stereocenters. The lowest BCUT2D eigenvalue weighted by molar-refractivity contribution is -0.0174. The van der Waals surface area contributed by atoms with E-state index < -0.39 is 0 Å². The molecule has 0 spiro atoms. The van der Waals surface area contributed by atoms with Gasteiger partial charge in [0.2, 0.25) is 0 Å². The normalized spacial score (nSPS) is 18.1. The molecule has 0 aromatic heterocycles. The second-order valence-electron chi connectivity index (χ2n) is 6.00. The molecule has 1 heterocycles. The van der Waals surface area contributed by atoms with E-state index in [1.54, 1.807) is 0 Å². The number of nitrogens with zero attached hydrogens (tertiary/aromatic N) is 1. The number of carbonyl (C=O) groups excluding carboxylic acids is 1. The van der Waals surface area contributed by atoms with Crippen LogP contribution in [0, 0.1) is 0 Å². The summed E-state index contributed by atoms with van der Waals surface area (Å²) in [5.41, 5.74) is 2.38. The number of nitrogens with one attached hydrogen (secondary N) is 2. The second kappa shape index (κ2) is 7.95. The van der Waals surface area contributed by atoms with Crippen LogP contribution in [-0.4, -0.2) is 50.2 Å². The fourth-order valence-corrected chi connectivity index (χ4v) is 2.76. The van der Waals surface area contributed by atoms with Gasteiger partial charge in [-0.25, -0.2) is 0 Å². The molecule has 0 unspecified atom stereocenters. The number of amides is 1. The summed E-state index contributed by atoms with van der Waals surface area (Å²) in [4.78, 5) is 14.8. The zero-order valence-electron chi connectivity index (χ0n) is 13.9. The molecule has 2 aromatic rings. The molecule has 2 aromatic carbocycles. The molecule has 0 bridgehead atoms. The first-order valence-corrected chi connectivity index (χ1v) is 8.22. The van der Waals surface area contributed by atoms with Crippen molar-refractivity contribution in [3.05, 3.63) is 60.2 Å². The van der Waals surface area contributed by atoms with Crippen molar-refractivity contribution >= 4 is 17.3 Å². The topological polar surface area (TPSA) is 53.6 Å². The van der Waals surface area contributed by atoms with Crippen LogP contribution in [0.4, 0.5) is 11.4 Å². The predicted molar refractivity (Wildman–Crippen MR) is 95.7 cm³/mol. The van der Waals surface area contributed by atoms with E-state index in [0.29, 0.717) is 18.7 Å². The van der Waals surface area contributed by atoms with Crippen molar-refractivity contribution in [2.24, 2.45) is 0 Å². The lowest BCUT2D eigenvalue weighted by atomic mass is 10.1. The number of para-hydroxylation sites is 2.